The van der Waals surface area contributed by atoms with Crippen LogP contribution in [0, 0.1) is 28.6 Å². The third-order valence-electron chi connectivity index (χ3n) is 11.3. The van der Waals surface area contributed by atoms with Crippen LogP contribution < -0.4 is 16.9 Å². The van der Waals surface area contributed by atoms with Crippen LogP contribution in [0.2, 0.25) is 0 Å². The van der Waals surface area contributed by atoms with Crippen molar-refractivity contribution in [1.29, 1.82) is 0 Å². The summed E-state index contributed by atoms with van der Waals surface area (Å²) >= 11 is 0. The molecule has 7 N–H and O–H groups in total. The highest BCUT2D eigenvalue weighted by Gasteiger charge is 2.73. The number of amidine groups is 1. The molecule has 0 saturated heterocycles. The molecule has 8 heteroatoms. The molecular formula is C27H47N5O3. The smallest absolute Gasteiger partial charge is 0.147 e. The molecule has 0 amide bonds. The third kappa shape index (κ3) is 3.69. The number of hydrazone groups is 1. The molecule has 4 saturated carbocycles. The summed E-state index contributed by atoms with van der Waals surface area (Å²) in [4.78, 5) is 4.60. The van der Waals surface area contributed by atoms with Gasteiger partial charge in [0.2, 0.25) is 0 Å². The van der Waals surface area contributed by atoms with E-state index in [4.69, 9.17) is 16.3 Å². The van der Waals surface area contributed by atoms with Crippen molar-refractivity contribution < 1.29 is 14.9 Å². The molecule has 5 aliphatic rings. The summed E-state index contributed by atoms with van der Waals surface area (Å²) in [7, 11) is 0. The fraction of sp³-hybridized carbons (Fsp3) is 0.926. The minimum Gasteiger partial charge on any atom is -0.389 e. The van der Waals surface area contributed by atoms with E-state index in [0.29, 0.717) is 55.4 Å². The second-order valence-corrected chi connectivity index (χ2v) is 12.5. The number of ether oxygens (including phenoxy) is 1. The number of fused-ring (bicyclic) bond motifs is 5. The Bertz CT molecular complexity index is 866. The Hall–Kier alpha value is -1.22. The van der Waals surface area contributed by atoms with Gasteiger partial charge in [0, 0.05) is 25.1 Å². The molecule has 0 aromatic rings. The highest BCUT2D eigenvalue weighted by Crippen LogP contribution is 2.70. The number of rotatable bonds is 6. The minimum atomic E-state index is -1.28. The van der Waals surface area contributed by atoms with Gasteiger partial charge in [-0.15, -0.1) is 0 Å². The molecule has 4 aliphatic carbocycles. The molecule has 3 unspecified atom stereocenters. The maximum atomic E-state index is 12.5. The third-order valence-corrected chi connectivity index (χ3v) is 11.3. The predicted molar refractivity (Wildman–Crippen MR) is 138 cm³/mol. The van der Waals surface area contributed by atoms with E-state index in [1.54, 1.807) is 0 Å². The van der Waals surface area contributed by atoms with Crippen molar-refractivity contribution in [2.45, 2.75) is 102 Å². The second-order valence-electron chi connectivity index (χ2n) is 12.5. The van der Waals surface area contributed by atoms with Gasteiger partial charge in [-0.05, 0) is 100 Å². The topological polar surface area (TPSA) is 138 Å². The van der Waals surface area contributed by atoms with Crippen molar-refractivity contribution in [3.05, 3.63) is 0 Å². The van der Waals surface area contributed by atoms with E-state index in [9.17, 15) is 10.2 Å². The van der Waals surface area contributed by atoms with Gasteiger partial charge in [-0.1, -0.05) is 13.8 Å². The largest absolute Gasteiger partial charge is 0.389 e. The number of aliphatic imine (C=N–C) groups is 1. The molecule has 8 nitrogen and oxygen atoms in total. The number of nitrogens with two attached hydrogens (primary N) is 2. The zero-order valence-electron chi connectivity index (χ0n) is 21.8. The van der Waals surface area contributed by atoms with E-state index < -0.39 is 16.6 Å². The fourth-order valence-electron chi connectivity index (χ4n) is 9.12. The van der Waals surface area contributed by atoms with Crippen LogP contribution in [0.25, 0.3) is 0 Å². The molecule has 198 valence electrons. The average Bonchev–Trinajstić information content (AvgIpc) is 3.07. The van der Waals surface area contributed by atoms with Gasteiger partial charge in [-0.25, -0.2) is 0 Å². The molecule has 0 bridgehead atoms. The number of aliphatic hydroxyl groups is 2. The highest BCUT2D eigenvalue weighted by atomic mass is 16.5. The van der Waals surface area contributed by atoms with E-state index in [0.717, 1.165) is 70.9 Å². The van der Waals surface area contributed by atoms with Gasteiger partial charge in [0.1, 0.15) is 17.1 Å². The van der Waals surface area contributed by atoms with Gasteiger partial charge in [0.05, 0.1) is 11.7 Å². The molecule has 8 atom stereocenters. The molecule has 0 aromatic carbocycles. The van der Waals surface area contributed by atoms with E-state index >= 15 is 0 Å². The normalized spacial score (nSPS) is 47.8. The lowest BCUT2D eigenvalue weighted by atomic mass is 9.43. The van der Waals surface area contributed by atoms with Gasteiger partial charge < -0.3 is 31.8 Å². The summed E-state index contributed by atoms with van der Waals surface area (Å²) in [5.74, 6) is 7.79. The number of hydrogen-bond acceptors (Lipinski definition) is 8. The standard InChI is InChI=1S/C27H47N5O3/c1-24-9-7-19(35-16-3-13-28)17-18(24)5-6-21-20(24)8-10-25(2)26(21,33)11-12-27(25,34)22(32-29)23-30-14-4-15-31-23/h18-21,33-34H,3-17,28-29H2,1-2H3,(H,30,31)/b32-22-/t18?,19?,20-,21-,24+,25+,26-,27?/m1/s1. The minimum absolute atomic E-state index is 0.187. The van der Waals surface area contributed by atoms with Crippen LogP contribution in [0.5, 0.6) is 0 Å². The molecule has 35 heavy (non-hydrogen) atoms. The molecule has 1 heterocycles. The lowest BCUT2D eigenvalue weighted by Gasteiger charge is -2.64. The van der Waals surface area contributed by atoms with Gasteiger partial charge >= 0.3 is 0 Å². The van der Waals surface area contributed by atoms with Crippen molar-refractivity contribution in [3.8, 4) is 0 Å². The van der Waals surface area contributed by atoms with Crippen molar-refractivity contribution in [3.63, 3.8) is 0 Å². The Labute approximate surface area is 210 Å². The van der Waals surface area contributed by atoms with Gasteiger partial charge in [0.25, 0.3) is 0 Å². The van der Waals surface area contributed by atoms with Crippen LogP contribution in [-0.2, 0) is 4.74 Å². The Morgan fingerprint density at radius 2 is 1.94 bits per heavy atom. The van der Waals surface area contributed by atoms with E-state index in [1.807, 2.05) is 0 Å². The molecular weight excluding hydrogens is 442 g/mol. The summed E-state index contributed by atoms with van der Waals surface area (Å²) in [6.07, 6.45) is 10.6. The number of nitrogens with one attached hydrogen (secondary N) is 1. The first kappa shape index (κ1) is 25.4. The van der Waals surface area contributed by atoms with E-state index in [2.05, 4.69) is 29.3 Å². The average molecular weight is 490 g/mol. The highest BCUT2D eigenvalue weighted by molar-refractivity contribution is 6.44. The summed E-state index contributed by atoms with van der Waals surface area (Å²) < 4.78 is 6.18. The molecule has 1 aliphatic heterocycles. The van der Waals surface area contributed by atoms with Crippen LogP contribution in [-0.4, -0.2) is 65.3 Å². The Kier molecular flexibility index (Phi) is 6.73. The lowest BCUT2D eigenvalue weighted by Crippen LogP contribution is -2.68. The van der Waals surface area contributed by atoms with Gasteiger partial charge in [0.15, 0.2) is 0 Å². The Morgan fingerprint density at radius 3 is 2.66 bits per heavy atom. The van der Waals surface area contributed by atoms with Crippen molar-refractivity contribution in [2.24, 2.45) is 50.3 Å². The Balaban J connectivity index is 1.39. The summed E-state index contributed by atoms with van der Waals surface area (Å²) in [5.41, 5.74) is 3.39. The van der Waals surface area contributed by atoms with Crippen LogP contribution in [0.3, 0.4) is 0 Å². The summed E-state index contributed by atoms with van der Waals surface area (Å²) in [5, 5.41) is 32.1. The first-order valence-electron chi connectivity index (χ1n) is 14.1. The Morgan fingerprint density at radius 1 is 1.11 bits per heavy atom. The molecule has 0 radical (unpaired) electrons. The van der Waals surface area contributed by atoms with Gasteiger partial charge in [-0.3, -0.25) is 4.99 Å². The van der Waals surface area contributed by atoms with Gasteiger partial charge in [-0.2, -0.15) is 5.10 Å². The molecule has 0 aromatic heterocycles. The predicted octanol–water partition coefficient (Wildman–Crippen LogP) is 2.32. The molecule has 0 spiro atoms. The molecule has 5 rings (SSSR count). The quantitative estimate of drug-likeness (QED) is 0.168. The lowest BCUT2D eigenvalue weighted by molar-refractivity contribution is -0.225. The maximum Gasteiger partial charge on any atom is 0.147 e. The first-order valence-corrected chi connectivity index (χ1v) is 14.1. The number of hydrogen-bond donors (Lipinski definition) is 5. The van der Waals surface area contributed by atoms with E-state index in [-0.39, 0.29) is 11.3 Å². The van der Waals surface area contributed by atoms with Crippen LogP contribution >= 0.6 is 0 Å². The number of nitrogens with zero attached hydrogens (tertiary/aromatic N) is 2. The first-order chi connectivity index (χ1) is 16.7. The SMILES string of the molecule is C[C@]12CCC(OCCCN)CC1CC[C@@H]1[C@H]2CC[C@]2(C)C(O)(/C(=N\N)C3=NCCCN3)CC[C@@]12O. The summed E-state index contributed by atoms with van der Waals surface area (Å²) in [6, 6.07) is 0. The van der Waals surface area contributed by atoms with Crippen molar-refractivity contribution >= 4 is 11.5 Å². The fourth-order valence-corrected chi connectivity index (χ4v) is 9.12. The second kappa shape index (κ2) is 9.26. The maximum absolute atomic E-state index is 12.5. The zero-order valence-corrected chi connectivity index (χ0v) is 21.8. The summed E-state index contributed by atoms with van der Waals surface area (Å²) in [6.45, 7) is 7.52. The van der Waals surface area contributed by atoms with Crippen LogP contribution in [0.15, 0.2) is 10.1 Å². The van der Waals surface area contributed by atoms with Crippen LogP contribution in [0.1, 0.15) is 84.5 Å². The van der Waals surface area contributed by atoms with Crippen molar-refractivity contribution in [2.75, 3.05) is 26.2 Å². The molecule has 4 fully saturated rings. The zero-order chi connectivity index (χ0) is 24.9. The monoisotopic (exact) mass is 489 g/mol. The van der Waals surface area contributed by atoms with Crippen LogP contribution in [0.4, 0.5) is 0 Å². The van der Waals surface area contributed by atoms with Crippen molar-refractivity contribution in [1.82, 2.24) is 5.32 Å². The van der Waals surface area contributed by atoms with E-state index in [1.165, 1.54) is 0 Å².